The van der Waals surface area contributed by atoms with Gasteiger partial charge in [-0.15, -0.1) is 0 Å². The van der Waals surface area contributed by atoms with Crippen molar-refractivity contribution >= 4 is 0 Å². The van der Waals surface area contributed by atoms with Crippen molar-refractivity contribution < 1.29 is 1.43 Å². The Bertz CT molecular complexity index is 89.6. The molecule has 0 atom stereocenters. The maximum Gasteiger partial charge on any atom is 0.00103 e. The molecule has 1 nitrogen and oxygen atoms in total. The van der Waals surface area contributed by atoms with Crippen LogP contribution in [0.15, 0.2) is 0 Å². The molecular formula is C9H21N. The minimum Gasteiger partial charge on any atom is -0.315 e. The number of hydrogen-bond acceptors (Lipinski definition) is 1. The van der Waals surface area contributed by atoms with Gasteiger partial charge in [-0.05, 0) is 18.9 Å². The highest BCUT2D eigenvalue weighted by Crippen LogP contribution is 2.28. The van der Waals surface area contributed by atoms with Crippen LogP contribution in [-0.4, -0.2) is 12.6 Å². The van der Waals surface area contributed by atoms with Gasteiger partial charge in [0.2, 0.25) is 0 Å². The van der Waals surface area contributed by atoms with Gasteiger partial charge in [-0.2, -0.15) is 0 Å². The second-order valence-corrected chi connectivity index (χ2v) is 3.69. The van der Waals surface area contributed by atoms with E-state index in [-0.39, 0.29) is 1.43 Å². The van der Waals surface area contributed by atoms with Crippen LogP contribution in [0.25, 0.3) is 0 Å². The molecule has 1 fully saturated rings. The summed E-state index contributed by atoms with van der Waals surface area (Å²) in [5.74, 6) is 1.06. The van der Waals surface area contributed by atoms with E-state index in [4.69, 9.17) is 0 Å². The van der Waals surface area contributed by atoms with Gasteiger partial charge in [-0.25, -0.2) is 0 Å². The lowest BCUT2D eigenvalue weighted by molar-refractivity contribution is 0.289. The van der Waals surface area contributed by atoms with Crippen molar-refractivity contribution in [2.75, 3.05) is 6.54 Å². The third-order valence-corrected chi connectivity index (χ3v) is 2.33. The fourth-order valence-electron chi connectivity index (χ4n) is 1.36. The normalized spacial score (nSPS) is 19.5. The summed E-state index contributed by atoms with van der Waals surface area (Å²) in [6, 6.07) is 0.667. The lowest BCUT2D eigenvalue weighted by atomic mass is 9.83. The fourth-order valence-corrected chi connectivity index (χ4v) is 1.36. The van der Waals surface area contributed by atoms with Crippen molar-refractivity contribution in [1.29, 1.82) is 0 Å². The van der Waals surface area contributed by atoms with Crippen molar-refractivity contribution in [2.24, 2.45) is 5.92 Å². The van der Waals surface area contributed by atoms with E-state index >= 15 is 0 Å². The van der Waals surface area contributed by atoms with E-state index in [0.717, 1.165) is 5.92 Å². The van der Waals surface area contributed by atoms with Crippen LogP contribution < -0.4 is 5.32 Å². The lowest BCUT2D eigenvalue weighted by Crippen LogP contribution is -2.26. The van der Waals surface area contributed by atoms with E-state index in [1.165, 1.54) is 32.2 Å². The van der Waals surface area contributed by atoms with Gasteiger partial charge in [-0.1, -0.05) is 33.1 Å². The highest BCUT2D eigenvalue weighted by atomic mass is 14.9. The SMILES string of the molecule is CC(C)NCCC1CCC1.[HH]. The van der Waals surface area contributed by atoms with E-state index < -0.39 is 0 Å². The van der Waals surface area contributed by atoms with Crippen LogP contribution in [0.2, 0.25) is 0 Å². The summed E-state index contributed by atoms with van der Waals surface area (Å²) in [5, 5.41) is 3.44. The van der Waals surface area contributed by atoms with E-state index in [1.54, 1.807) is 0 Å². The van der Waals surface area contributed by atoms with Gasteiger partial charge in [0.25, 0.3) is 0 Å². The van der Waals surface area contributed by atoms with Gasteiger partial charge in [0, 0.05) is 7.47 Å². The lowest BCUT2D eigenvalue weighted by Gasteiger charge is -2.25. The van der Waals surface area contributed by atoms with Crippen LogP contribution >= 0.6 is 0 Å². The highest BCUT2D eigenvalue weighted by molar-refractivity contribution is 4.70. The molecule has 0 aromatic rings. The molecule has 0 aliphatic heterocycles. The molecule has 10 heavy (non-hydrogen) atoms. The van der Waals surface area contributed by atoms with Crippen LogP contribution in [-0.2, 0) is 0 Å². The molecule has 0 unspecified atom stereocenters. The van der Waals surface area contributed by atoms with Crippen LogP contribution in [0, 0.1) is 5.92 Å². The summed E-state index contributed by atoms with van der Waals surface area (Å²) in [6.07, 6.45) is 5.85. The maximum absolute atomic E-state index is 3.44. The van der Waals surface area contributed by atoms with Crippen LogP contribution in [0.3, 0.4) is 0 Å². The van der Waals surface area contributed by atoms with Crippen LogP contribution in [0.4, 0.5) is 0 Å². The Kier molecular flexibility index (Phi) is 3.20. The third kappa shape index (κ3) is 2.70. The number of rotatable bonds is 4. The summed E-state index contributed by atoms with van der Waals surface area (Å²) in [4.78, 5) is 0. The molecule has 1 aliphatic carbocycles. The number of hydrogen-bond donors (Lipinski definition) is 1. The quantitative estimate of drug-likeness (QED) is 0.637. The van der Waals surface area contributed by atoms with Gasteiger partial charge in [0.15, 0.2) is 0 Å². The summed E-state index contributed by atoms with van der Waals surface area (Å²) in [5.41, 5.74) is 0. The topological polar surface area (TPSA) is 12.0 Å². The van der Waals surface area contributed by atoms with Crippen molar-refractivity contribution in [3.05, 3.63) is 0 Å². The predicted molar refractivity (Wildman–Crippen MR) is 47.2 cm³/mol. The zero-order valence-electron chi connectivity index (χ0n) is 7.19. The summed E-state index contributed by atoms with van der Waals surface area (Å²) in [7, 11) is 0. The molecule has 0 heterocycles. The molecule has 0 bridgehead atoms. The van der Waals surface area contributed by atoms with Gasteiger partial charge in [0.1, 0.15) is 0 Å². The first kappa shape index (κ1) is 8.06. The standard InChI is InChI=1S/C9H19N.H2/c1-8(2)10-7-6-9-4-3-5-9;/h8-10H,3-7H2,1-2H3;1H. The molecule has 0 saturated heterocycles. The van der Waals surface area contributed by atoms with Crippen molar-refractivity contribution in [3.8, 4) is 0 Å². The summed E-state index contributed by atoms with van der Waals surface area (Å²) >= 11 is 0. The first-order valence-corrected chi connectivity index (χ1v) is 4.52. The van der Waals surface area contributed by atoms with E-state index in [9.17, 15) is 0 Å². The summed E-state index contributed by atoms with van der Waals surface area (Å²) in [6.45, 7) is 5.64. The Hall–Kier alpha value is -0.0400. The molecule has 0 spiro atoms. The Morgan fingerprint density at radius 1 is 1.50 bits per heavy atom. The Morgan fingerprint density at radius 2 is 2.20 bits per heavy atom. The fraction of sp³-hybridized carbons (Fsp3) is 1.00. The Labute approximate surface area is 65.7 Å². The van der Waals surface area contributed by atoms with E-state index in [1.807, 2.05) is 0 Å². The predicted octanol–water partition coefficient (Wildman–Crippen LogP) is 2.42. The largest absolute Gasteiger partial charge is 0.315 e. The zero-order chi connectivity index (χ0) is 7.40. The van der Waals surface area contributed by atoms with Gasteiger partial charge < -0.3 is 5.32 Å². The average molecular weight is 143 g/mol. The van der Waals surface area contributed by atoms with Gasteiger partial charge >= 0.3 is 0 Å². The molecule has 0 radical (unpaired) electrons. The average Bonchev–Trinajstić information content (AvgIpc) is 1.75. The van der Waals surface area contributed by atoms with Crippen molar-refractivity contribution in [2.45, 2.75) is 45.6 Å². The first-order chi connectivity index (χ1) is 4.79. The van der Waals surface area contributed by atoms with Crippen LogP contribution in [0.5, 0.6) is 0 Å². The minimum absolute atomic E-state index is 0. The van der Waals surface area contributed by atoms with Crippen molar-refractivity contribution in [3.63, 3.8) is 0 Å². The maximum atomic E-state index is 3.44. The molecule has 0 aromatic heterocycles. The second kappa shape index (κ2) is 3.97. The molecule has 0 aromatic carbocycles. The Morgan fingerprint density at radius 3 is 2.60 bits per heavy atom. The summed E-state index contributed by atoms with van der Waals surface area (Å²) < 4.78 is 0. The highest BCUT2D eigenvalue weighted by Gasteiger charge is 2.16. The molecule has 1 heteroatoms. The second-order valence-electron chi connectivity index (χ2n) is 3.69. The first-order valence-electron chi connectivity index (χ1n) is 4.52. The van der Waals surface area contributed by atoms with E-state index in [2.05, 4.69) is 19.2 Å². The Balaban J connectivity index is 0.000001000. The van der Waals surface area contributed by atoms with Crippen molar-refractivity contribution in [1.82, 2.24) is 5.32 Å². The monoisotopic (exact) mass is 143 g/mol. The van der Waals surface area contributed by atoms with Gasteiger partial charge in [0.05, 0.1) is 0 Å². The number of nitrogens with one attached hydrogen (secondary N) is 1. The molecule has 1 rings (SSSR count). The van der Waals surface area contributed by atoms with E-state index in [0.29, 0.717) is 6.04 Å². The molecule has 1 aliphatic rings. The zero-order valence-corrected chi connectivity index (χ0v) is 7.19. The molecule has 1 saturated carbocycles. The molecular weight excluding hydrogens is 122 g/mol. The molecule has 1 N–H and O–H groups in total. The smallest absolute Gasteiger partial charge is 0.00103 e. The molecule has 0 amide bonds. The van der Waals surface area contributed by atoms with Gasteiger partial charge in [-0.3, -0.25) is 0 Å². The molecule has 62 valence electrons. The third-order valence-electron chi connectivity index (χ3n) is 2.33. The van der Waals surface area contributed by atoms with Crippen LogP contribution in [0.1, 0.15) is 41.0 Å². The minimum atomic E-state index is 0.